The molecule has 0 heterocycles. The van der Waals surface area contributed by atoms with Gasteiger partial charge >= 0.3 is 0 Å². The molecule has 1 atom stereocenters. The number of hydrogen-bond acceptors (Lipinski definition) is 5. The van der Waals surface area contributed by atoms with Gasteiger partial charge in [-0.15, -0.1) is 0 Å². The van der Waals surface area contributed by atoms with Gasteiger partial charge in [0.05, 0.1) is 16.9 Å². The quantitative estimate of drug-likeness (QED) is 0.666. The summed E-state index contributed by atoms with van der Waals surface area (Å²) in [7, 11) is -4.05. The molecule has 7 nitrogen and oxygen atoms in total. The first kappa shape index (κ1) is 16.4. The monoisotopic (exact) mass is 319 g/mol. The number of carboxylic acid groups (broad SMARTS) is 1. The standard InChI is InChI=1S/C11H13ClN2O5S/c12-7-1-3-8(4-2-7)20(18,19)14-9(11(16)17)5-6-10(13)15/h1-4,9,14H,5-6H2,(H2,13,15)(H,16,17)/p-1/t9-/m1/s1. The van der Waals surface area contributed by atoms with Crippen molar-refractivity contribution in [3.05, 3.63) is 29.3 Å². The van der Waals surface area contributed by atoms with E-state index in [0.717, 1.165) is 0 Å². The molecule has 0 spiro atoms. The summed E-state index contributed by atoms with van der Waals surface area (Å²) in [6, 6.07) is 3.63. The zero-order chi connectivity index (χ0) is 15.3. The second-order valence-electron chi connectivity index (χ2n) is 3.95. The summed E-state index contributed by atoms with van der Waals surface area (Å²) >= 11 is 5.63. The lowest BCUT2D eigenvalue weighted by Crippen LogP contribution is -2.48. The number of carbonyl (C=O) groups excluding carboxylic acids is 2. The Morgan fingerprint density at radius 1 is 1.30 bits per heavy atom. The summed E-state index contributed by atoms with van der Waals surface area (Å²) in [6.45, 7) is 0. The Balaban J connectivity index is 2.88. The first-order chi connectivity index (χ1) is 9.22. The van der Waals surface area contributed by atoms with Crippen LogP contribution in [0.4, 0.5) is 0 Å². The molecule has 0 saturated carbocycles. The molecular formula is C11H12ClN2O5S-. The maximum absolute atomic E-state index is 11.9. The van der Waals surface area contributed by atoms with Crippen LogP contribution in [0.25, 0.3) is 0 Å². The van der Waals surface area contributed by atoms with Crippen LogP contribution in [-0.4, -0.2) is 26.3 Å². The van der Waals surface area contributed by atoms with E-state index in [1.807, 2.05) is 4.72 Å². The molecule has 0 fully saturated rings. The molecule has 1 aromatic carbocycles. The number of halogens is 1. The summed E-state index contributed by atoms with van der Waals surface area (Å²) in [5.74, 6) is -2.37. The van der Waals surface area contributed by atoms with Gasteiger partial charge in [0.25, 0.3) is 0 Å². The molecule has 0 aliphatic heterocycles. The Hall–Kier alpha value is -1.64. The molecular weight excluding hydrogens is 308 g/mol. The van der Waals surface area contributed by atoms with Crippen LogP contribution in [0.2, 0.25) is 5.02 Å². The van der Waals surface area contributed by atoms with E-state index in [1.165, 1.54) is 24.3 Å². The van der Waals surface area contributed by atoms with Crippen molar-refractivity contribution in [3.63, 3.8) is 0 Å². The van der Waals surface area contributed by atoms with Crippen LogP contribution >= 0.6 is 11.6 Å². The number of nitrogens with two attached hydrogens (primary N) is 1. The van der Waals surface area contributed by atoms with Crippen LogP contribution in [0.1, 0.15) is 12.8 Å². The van der Waals surface area contributed by atoms with Crippen molar-refractivity contribution in [3.8, 4) is 0 Å². The molecule has 0 bridgehead atoms. The summed E-state index contributed by atoms with van der Waals surface area (Å²) in [5, 5.41) is 11.2. The molecule has 0 aromatic heterocycles. The van der Waals surface area contributed by atoms with Crippen LogP contribution in [-0.2, 0) is 19.6 Å². The van der Waals surface area contributed by atoms with Crippen molar-refractivity contribution in [2.75, 3.05) is 0 Å². The predicted octanol–water partition coefficient (Wildman–Crippen LogP) is -0.998. The van der Waals surface area contributed by atoms with Crippen molar-refractivity contribution in [1.29, 1.82) is 0 Å². The maximum Gasteiger partial charge on any atom is 0.241 e. The molecule has 0 saturated heterocycles. The molecule has 1 aromatic rings. The van der Waals surface area contributed by atoms with E-state index < -0.39 is 27.9 Å². The van der Waals surface area contributed by atoms with E-state index >= 15 is 0 Å². The predicted molar refractivity (Wildman–Crippen MR) is 69.0 cm³/mol. The Morgan fingerprint density at radius 3 is 2.30 bits per heavy atom. The highest BCUT2D eigenvalue weighted by molar-refractivity contribution is 7.89. The van der Waals surface area contributed by atoms with E-state index in [2.05, 4.69) is 0 Å². The molecule has 1 amide bonds. The number of sulfonamides is 1. The molecule has 3 N–H and O–H groups in total. The number of primary amides is 1. The second kappa shape index (κ2) is 6.69. The highest BCUT2D eigenvalue weighted by atomic mass is 35.5. The fraction of sp³-hybridized carbons (Fsp3) is 0.273. The smallest absolute Gasteiger partial charge is 0.241 e. The number of nitrogens with one attached hydrogen (secondary N) is 1. The minimum atomic E-state index is -4.05. The van der Waals surface area contributed by atoms with Gasteiger partial charge in [-0.1, -0.05) is 11.6 Å². The number of hydrogen-bond donors (Lipinski definition) is 2. The van der Waals surface area contributed by atoms with Gasteiger partial charge in [-0.25, -0.2) is 13.1 Å². The fourth-order valence-electron chi connectivity index (χ4n) is 1.38. The SMILES string of the molecule is NC(=O)CC[C@@H](NS(=O)(=O)c1ccc(Cl)cc1)C(=O)[O-]. The number of amides is 1. The Kier molecular flexibility index (Phi) is 5.49. The van der Waals surface area contributed by atoms with Crippen LogP contribution in [0.15, 0.2) is 29.2 Å². The van der Waals surface area contributed by atoms with Gasteiger partial charge in [0.1, 0.15) is 0 Å². The van der Waals surface area contributed by atoms with Crippen molar-refractivity contribution < 1.29 is 23.1 Å². The van der Waals surface area contributed by atoms with Gasteiger partial charge in [-0.05, 0) is 30.7 Å². The summed E-state index contributed by atoms with van der Waals surface area (Å²) in [4.78, 5) is 21.3. The van der Waals surface area contributed by atoms with Crippen LogP contribution in [0.5, 0.6) is 0 Å². The van der Waals surface area contributed by atoms with E-state index in [4.69, 9.17) is 17.3 Å². The fourth-order valence-corrected chi connectivity index (χ4v) is 2.73. The van der Waals surface area contributed by atoms with Gasteiger partial charge in [0.15, 0.2) is 0 Å². The normalized spacial score (nSPS) is 12.8. The van der Waals surface area contributed by atoms with Crippen LogP contribution in [0, 0.1) is 0 Å². The molecule has 0 radical (unpaired) electrons. The first-order valence-corrected chi connectivity index (χ1v) is 7.35. The third kappa shape index (κ3) is 4.80. The minimum Gasteiger partial charge on any atom is -0.548 e. The Labute approximate surface area is 120 Å². The molecule has 0 unspecified atom stereocenters. The van der Waals surface area contributed by atoms with Gasteiger partial charge in [0.2, 0.25) is 15.9 Å². The van der Waals surface area contributed by atoms with Gasteiger partial charge < -0.3 is 15.6 Å². The number of benzene rings is 1. The number of carboxylic acids is 1. The number of aliphatic carboxylic acids is 1. The number of carbonyl (C=O) groups is 2. The molecule has 110 valence electrons. The maximum atomic E-state index is 11.9. The average molecular weight is 320 g/mol. The van der Waals surface area contributed by atoms with Crippen molar-refractivity contribution in [2.24, 2.45) is 5.73 Å². The molecule has 1 rings (SSSR count). The molecule has 20 heavy (non-hydrogen) atoms. The lowest BCUT2D eigenvalue weighted by molar-refractivity contribution is -0.308. The van der Waals surface area contributed by atoms with Crippen LogP contribution < -0.4 is 15.6 Å². The van der Waals surface area contributed by atoms with E-state index in [1.54, 1.807) is 0 Å². The largest absolute Gasteiger partial charge is 0.548 e. The summed E-state index contributed by atoms with van der Waals surface area (Å²) in [5.41, 5.74) is 4.89. The summed E-state index contributed by atoms with van der Waals surface area (Å²) in [6.07, 6.45) is -0.563. The third-order valence-corrected chi connectivity index (χ3v) is 4.12. The van der Waals surface area contributed by atoms with Crippen molar-refractivity contribution >= 4 is 33.5 Å². The first-order valence-electron chi connectivity index (χ1n) is 5.49. The van der Waals surface area contributed by atoms with Gasteiger partial charge in [-0.2, -0.15) is 0 Å². The minimum absolute atomic E-state index is 0.146. The summed E-state index contributed by atoms with van der Waals surface area (Å²) < 4.78 is 25.8. The van der Waals surface area contributed by atoms with Crippen LogP contribution in [0.3, 0.4) is 0 Å². The van der Waals surface area contributed by atoms with E-state index in [-0.39, 0.29) is 17.7 Å². The molecule has 0 aliphatic carbocycles. The lowest BCUT2D eigenvalue weighted by atomic mass is 10.2. The number of rotatable bonds is 7. The topological polar surface area (TPSA) is 129 Å². The Morgan fingerprint density at radius 2 is 1.85 bits per heavy atom. The van der Waals surface area contributed by atoms with E-state index in [0.29, 0.717) is 5.02 Å². The third-order valence-electron chi connectivity index (χ3n) is 2.39. The molecule has 9 heteroatoms. The average Bonchev–Trinajstić information content (AvgIpc) is 2.34. The van der Waals surface area contributed by atoms with E-state index in [9.17, 15) is 23.1 Å². The zero-order valence-electron chi connectivity index (χ0n) is 10.2. The van der Waals surface area contributed by atoms with Gasteiger partial charge in [-0.3, -0.25) is 4.79 Å². The lowest BCUT2D eigenvalue weighted by Gasteiger charge is -2.19. The van der Waals surface area contributed by atoms with Crippen molar-refractivity contribution in [2.45, 2.75) is 23.8 Å². The Bertz CT molecular complexity index is 600. The van der Waals surface area contributed by atoms with Crippen molar-refractivity contribution in [1.82, 2.24) is 4.72 Å². The highest BCUT2D eigenvalue weighted by Crippen LogP contribution is 2.14. The highest BCUT2D eigenvalue weighted by Gasteiger charge is 2.21. The second-order valence-corrected chi connectivity index (χ2v) is 6.10. The molecule has 0 aliphatic rings. The van der Waals surface area contributed by atoms with Gasteiger partial charge in [0, 0.05) is 11.4 Å². The zero-order valence-corrected chi connectivity index (χ0v) is 11.8.